The standard InChI is InChI=1S/C31H29ClN6O9S2/c1-31(2,29(45)46)47-36-21(17-12-49-30(33)34-17)25(41)35-22-26(42)38-23(28(43)44)13(11-48-27(22)38)10-37-9-8-14(15-4-3-5-18(15)37)16-6-7-19(39)24(40)20(16)32/h6-9,12,22,27H,3-5,10-11H2,1-2H3,(H6,33,34,35,40,41,43,44,45,46)/p+1/t22-,27-/m1/s1. The number of nitrogens with zero attached hydrogens (tertiary/aromatic N) is 4. The SMILES string of the molecule is CC(C)(ON=C(C(=O)N[C@@H]1C(=O)N2C(C(=O)O)=C(C[n+]3ccc(-c4ccc(O)c(O)c4Cl)c4c3CCC4)CS[C@H]12)c1csc(N)n1)C(=O)O. The quantitative estimate of drug-likeness (QED) is 0.0581. The number of carbonyl (C=O) groups excluding carboxylic acids is 2. The number of nitrogens with one attached hydrogen (secondary N) is 1. The van der Waals surface area contributed by atoms with E-state index >= 15 is 0 Å². The Balaban J connectivity index is 1.25. The summed E-state index contributed by atoms with van der Waals surface area (Å²) in [6, 6.07) is 3.73. The fraction of sp³-hybridized carbons (Fsp3) is 0.323. The Labute approximate surface area is 291 Å². The number of halogens is 1. The molecule has 49 heavy (non-hydrogen) atoms. The van der Waals surface area contributed by atoms with Gasteiger partial charge >= 0.3 is 11.9 Å². The summed E-state index contributed by atoms with van der Waals surface area (Å²) in [6.07, 6.45) is 4.10. The molecule has 2 amide bonds. The van der Waals surface area contributed by atoms with Crippen molar-refractivity contribution in [3.8, 4) is 22.6 Å². The molecule has 0 saturated carbocycles. The molecule has 2 aliphatic heterocycles. The number of carboxylic acid groups (broad SMARTS) is 2. The lowest BCUT2D eigenvalue weighted by Gasteiger charge is -2.49. The van der Waals surface area contributed by atoms with Gasteiger partial charge in [-0.15, -0.1) is 23.1 Å². The first kappa shape index (κ1) is 34.0. The molecule has 3 aliphatic rings. The third-order valence-electron chi connectivity index (χ3n) is 8.42. The van der Waals surface area contributed by atoms with Gasteiger partial charge in [-0.25, -0.2) is 14.6 Å². The van der Waals surface area contributed by atoms with E-state index in [4.69, 9.17) is 22.2 Å². The number of hydrogen-bond acceptors (Lipinski definition) is 12. The van der Waals surface area contributed by atoms with Gasteiger partial charge in [0, 0.05) is 40.3 Å². The van der Waals surface area contributed by atoms with E-state index in [2.05, 4.69) is 15.5 Å². The molecule has 2 aromatic heterocycles. The first-order valence-corrected chi connectivity index (χ1v) is 17.2. The van der Waals surface area contributed by atoms with Gasteiger partial charge in [0.1, 0.15) is 22.8 Å². The number of aromatic nitrogens is 2. The third-order valence-corrected chi connectivity index (χ3v) is 10.8. The topological polar surface area (TPSA) is 229 Å². The first-order chi connectivity index (χ1) is 23.2. The van der Waals surface area contributed by atoms with Gasteiger partial charge in [-0.1, -0.05) is 16.8 Å². The molecule has 4 heterocycles. The van der Waals surface area contributed by atoms with E-state index in [1.165, 1.54) is 37.1 Å². The minimum atomic E-state index is -1.78. The lowest BCUT2D eigenvalue weighted by Crippen LogP contribution is -2.71. The van der Waals surface area contributed by atoms with E-state index in [0.29, 0.717) is 11.1 Å². The molecule has 6 rings (SSSR count). The molecule has 0 bridgehead atoms. The van der Waals surface area contributed by atoms with Crippen molar-refractivity contribution < 1.29 is 49.0 Å². The number of carbonyl (C=O) groups is 4. The van der Waals surface area contributed by atoms with Gasteiger partial charge in [-0.05, 0) is 44.4 Å². The zero-order valence-electron chi connectivity index (χ0n) is 26.0. The second kappa shape index (κ2) is 12.9. The fourth-order valence-corrected chi connectivity index (χ4v) is 8.02. The number of oxime groups is 1. The highest BCUT2D eigenvalue weighted by Crippen LogP contribution is 2.43. The second-order valence-corrected chi connectivity index (χ2v) is 14.3. The molecule has 2 atom stereocenters. The van der Waals surface area contributed by atoms with Gasteiger partial charge in [0.15, 0.2) is 40.8 Å². The average Bonchev–Trinajstić information content (AvgIpc) is 3.72. The minimum Gasteiger partial charge on any atom is -0.504 e. The molecule has 18 heteroatoms. The predicted octanol–water partition coefficient (Wildman–Crippen LogP) is 2.26. The van der Waals surface area contributed by atoms with Crippen molar-refractivity contribution in [1.82, 2.24) is 15.2 Å². The number of hydrogen-bond donors (Lipinski definition) is 6. The maximum Gasteiger partial charge on any atom is 0.352 e. The molecule has 1 aliphatic carbocycles. The molecule has 7 N–H and O–H groups in total. The highest BCUT2D eigenvalue weighted by Gasteiger charge is 2.55. The predicted molar refractivity (Wildman–Crippen MR) is 178 cm³/mol. The number of β-lactam (4-membered cyclic amide) rings is 1. The number of thiazole rings is 1. The van der Waals surface area contributed by atoms with Gasteiger partial charge in [-0.3, -0.25) is 14.5 Å². The highest BCUT2D eigenvalue weighted by atomic mass is 35.5. The van der Waals surface area contributed by atoms with Crippen molar-refractivity contribution in [2.75, 3.05) is 11.5 Å². The lowest BCUT2D eigenvalue weighted by atomic mass is 9.98. The molecule has 1 aromatic carbocycles. The maximum atomic E-state index is 13.4. The number of aromatic hydroxyl groups is 2. The Morgan fingerprint density at radius 1 is 1.20 bits per heavy atom. The number of nitrogens with two attached hydrogens (primary N) is 1. The Bertz CT molecular complexity index is 2000. The molecule has 3 aromatic rings. The summed E-state index contributed by atoms with van der Waals surface area (Å²) in [4.78, 5) is 61.3. The van der Waals surface area contributed by atoms with Gasteiger partial charge in [-0.2, -0.15) is 4.57 Å². The molecule has 0 spiro atoms. The van der Waals surface area contributed by atoms with Crippen LogP contribution < -0.4 is 15.6 Å². The van der Waals surface area contributed by atoms with E-state index in [9.17, 15) is 39.6 Å². The van der Waals surface area contributed by atoms with Crippen LogP contribution in [0.3, 0.4) is 0 Å². The van der Waals surface area contributed by atoms with Crippen molar-refractivity contribution in [3.05, 3.63) is 63.0 Å². The van der Waals surface area contributed by atoms with Crippen molar-refractivity contribution in [3.63, 3.8) is 0 Å². The third kappa shape index (κ3) is 6.13. The molecule has 256 valence electrons. The van der Waals surface area contributed by atoms with Crippen molar-refractivity contribution in [2.24, 2.45) is 5.16 Å². The summed E-state index contributed by atoms with van der Waals surface area (Å²) in [5.74, 6) is -4.63. The highest BCUT2D eigenvalue weighted by molar-refractivity contribution is 8.00. The molecule has 15 nitrogen and oxygen atoms in total. The van der Waals surface area contributed by atoms with Crippen LogP contribution in [0.5, 0.6) is 11.5 Å². The summed E-state index contributed by atoms with van der Waals surface area (Å²) in [5, 5.41) is 46.9. The van der Waals surface area contributed by atoms with E-state index < -0.39 is 52.2 Å². The van der Waals surface area contributed by atoms with Gasteiger partial charge in [0.2, 0.25) is 5.60 Å². The number of amides is 2. The number of benzene rings is 1. The minimum absolute atomic E-state index is 0.00887. The van der Waals surface area contributed by atoms with Crippen LogP contribution in [0.4, 0.5) is 5.13 Å². The number of phenols is 2. The second-order valence-electron chi connectivity index (χ2n) is 12.0. The van der Waals surface area contributed by atoms with Gasteiger partial charge in [0.25, 0.3) is 11.8 Å². The van der Waals surface area contributed by atoms with Crippen LogP contribution in [0.1, 0.15) is 37.2 Å². The van der Waals surface area contributed by atoms with E-state index in [0.717, 1.165) is 52.3 Å². The fourth-order valence-electron chi connectivity index (χ4n) is 5.87. The molecule has 1 saturated heterocycles. The molecular formula is C31H30ClN6O9S2+. The van der Waals surface area contributed by atoms with Crippen molar-refractivity contribution in [1.29, 1.82) is 0 Å². The normalized spacial score (nSPS) is 18.9. The number of phenolic OH excluding ortho intramolecular Hbond substituents is 2. The number of aliphatic carboxylic acids is 2. The molecule has 1 fully saturated rings. The van der Waals surface area contributed by atoms with Gasteiger partial charge in [0.05, 0.1) is 5.02 Å². The smallest absolute Gasteiger partial charge is 0.352 e. The zero-order chi connectivity index (χ0) is 35.4. The number of fused-ring (bicyclic) bond motifs is 2. The van der Waals surface area contributed by atoms with Crippen molar-refractivity contribution in [2.45, 2.75) is 56.7 Å². The number of carboxylic acids is 2. The molecule has 0 radical (unpaired) electrons. The average molecular weight is 730 g/mol. The number of anilines is 1. The monoisotopic (exact) mass is 729 g/mol. The number of rotatable bonds is 10. The summed E-state index contributed by atoms with van der Waals surface area (Å²) < 4.78 is 1.95. The summed E-state index contributed by atoms with van der Waals surface area (Å²) in [7, 11) is 0. The zero-order valence-corrected chi connectivity index (χ0v) is 28.4. The van der Waals surface area contributed by atoms with Crippen LogP contribution >= 0.6 is 34.7 Å². The van der Waals surface area contributed by atoms with Crippen LogP contribution in [0.15, 0.2) is 46.2 Å². The summed E-state index contributed by atoms with van der Waals surface area (Å²) in [6.45, 7) is 2.67. The molecule has 0 unspecified atom stereocenters. The molecular weight excluding hydrogens is 700 g/mol. The lowest BCUT2D eigenvalue weighted by molar-refractivity contribution is -0.696. The number of pyridine rings is 1. The van der Waals surface area contributed by atoms with Crippen LogP contribution in [0.2, 0.25) is 5.02 Å². The van der Waals surface area contributed by atoms with Crippen LogP contribution in [0, 0.1) is 0 Å². The van der Waals surface area contributed by atoms with E-state index in [1.54, 1.807) is 6.07 Å². The van der Waals surface area contributed by atoms with Crippen LogP contribution in [0.25, 0.3) is 11.1 Å². The van der Waals surface area contributed by atoms with E-state index in [-0.39, 0.29) is 39.6 Å². The van der Waals surface area contributed by atoms with Gasteiger partial charge < -0.3 is 36.3 Å². The van der Waals surface area contributed by atoms with E-state index in [1.807, 2.05) is 16.8 Å². The Hall–Kier alpha value is -4.87. The largest absolute Gasteiger partial charge is 0.504 e. The van der Waals surface area contributed by atoms with Crippen molar-refractivity contribution >= 4 is 69.3 Å². The summed E-state index contributed by atoms with van der Waals surface area (Å²) in [5.41, 5.74) is 7.20. The van der Waals surface area contributed by atoms with Crippen LogP contribution in [-0.4, -0.2) is 82.5 Å². The maximum absolute atomic E-state index is 13.4. The number of thioether (sulfide) groups is 1. The van der Waals surface area contributed by atoms with Crippen LogP contribution in [-0.2, 0) is 43.4 Å². The first-order valence-electron chi connectivity index (χ1n) is 14.9. The Morgan fingerprint density at radius 3 is 2.63 bits per heavy atom. The Kier molecular flexibility index (Phi) is 8.93. The number of nitrogen functional groups attached to an aromatic ring is 1. The summed E-state index contributed by atoms with van der Waals surface area (Å²) >= 11 is 8.68. The Morgan fingerprint density at radius 2 is 1.96 bits per heavy atom.